The number of aryl methyl sites for hydroxylation is 1. The summed E-state index contributed by atoms with van der Waals surface area (Å²) in [5, 5.41) is 11.8. The fraction of sp³-hybridized carbons (Fsp3) is 0.294. The number of amides is 1. The van der Waals surface area contributed by atoms with E-state index in [1.807, 2.05) is 38.1 Å². The van der Waals surface area contributed by atoms with Crippen LogP contribution in [0.3, 0.4) is 0 Å². The summed E-state index contributed by atoms with van der Waals surface area (Å²) < 4.78 is 0. The third-order valence-corrected chi connectivity index (χ3v) is 3.27. The van der Waals surface area contributed by atoms with Crippen molar-refractivity contribution in [3.63, 3.8) is 0 Å². The second kappa shape index (κ2) is 6.99. The molecule has 0 aliphatic heterocycles. The van der Waals surface area contributed by atoms with Crippen LogP contribution in [0.5, 0.6) is 0 Å². The summed E-state index contributed by atoms with van der Waals surface area (Å²) in [5.41, 5.74) is 3.65. The minimum atomic E-state index is -0.169. The third kappa shape index (κ3) is 4.13. The summed E-state index contributed by atoms with van der Waals surface area (Å²) >= 11 is 0. The van der Waals surface area contributed by atoms with Gasteiger partial charge in [0.25, 0.3) is 5.91 Å². The number of nitrogens with one attached hydrogen (secondary N) is 1. The van der Waals surface area contributed by atoms with Gasteiger partial charge >= 0.3 is 0 Å². The van der Waals surface area contributed by atoms with Gasteiger partial charge in [-0.05, 0) is 24.5 Å². The number of carbonyl (C=O) groups excluding carboxylic acids is 1. The van der Waals surface area contributed by atoms with Crippen molar-refractivity contribution in [1.82, 2.24) is 10.3 Å². The van der Waals surface area contributed by atoms with Gasteiger partial charge in [-0.1, -0.05) is 36.8 Å². The normalized spacial score (nSPS) is 12.0. The maximum atomic E-state index is 12.1. The summed E-state index contributed by atoms with van der Waals surface area (Å²) in [7, 11) is 0. The molecule has 2 N–H and O–H groups in total. The maximum Gasteiger partial charge on any atom is 0.252 e. The van der Waals surface area contributed by atoms with E-state index >= 15 is 0 Å². The van der Waals surface area contributed by atoms with E-state index in [-0.39, 0.29) is 18.4 Å². The first-order valence-corrected chi connectivity index (χ1v) is 7.01. The van der Waals surface area contributed by atoms with E-state index in [0.29, 0.717) is 12.1 Å². The van der Waals surface area contributed by atoms with Gasteiger partial charge in [-0.25, -0.2) is 0 Å². The summed E-state index contributed by atoms with van der Waals surface area (Å²) in [6, 6.07) is 9.91. The third-order valence-electron chi connectivity index (χ3n) is 3.27. The molecular weight excluding hydrogens is 264 g/mol. The zero-order valence-corrected chi connectivity index (χ0v) is 12.3. The first-order chi connectivity index (χ1) is 10.1. The highest BCUT2D eigenvalue weighted by Gasteiger charge is 2.09. The molecule has 110 valence electrons. The van der Waals surface area contributed by atoms with Gasteiger partial charge < -0.3 is 10.4 Å². The Morgan fingerprint density at radius 2 is 2.10 bits per heavy atom. The van der Waals surface area contributed by atoms with Gasteiger partial charge in [-0.2, -0.15) is 0 Å². The molecule has 1 aromatic carbocycles. The van der Waals surface area contributed by atoms with Crippen molar-refractivity contribution in [3.05, 3.63) is 53.9 Å². The molecule has 4 heteroatoms. The van der Waals surface area contributed by atoms with E-state index < -0.39 is 0 Å². The maximum absolute atomic E-state index is 12.1. The lowest BCUT2D eigenvalue weighted by molar-refractivity contribution is 0.0942. The van der Waals surface area contributed by atoms with Crippen LogP contribution >= 0.6 is 0 Å². The van der Waals surface area contributed by atoms with E-state index in [9.17, 15) is 4.79 Å². The van der Waals surface area contributed by atoms with Gasteiger partial charge in [0, 0.05) is 31.1 Å². The number of hydrogen-bond acceptors (Lipinski definition) is 3. The Bertz CT molecular complexity index is 626. The minimum Gasteiger partial charge on any atom is -0.396 e. The Labute approximate surface area is 124 Å². The molecule has 0 fully saturated rings. The van der Waals surface area contributed by atoms with E-state index in [4.69, 9.17) is 5.11 Å². The molecule has 2 rings (SSSR count). The lowest BCUT2D eigenvalue weighted by Gasteiger charge is -2.10. The Hall–Kier alpha value is -2.20. The lowest BCUT2D eigenvalue weighted by Crippen LogP contribution is -2.29. The van der Waals surface area contributed by atoms with Crippen molar-refractivity contribution in [2.75, 3.05) is 13.2 Å². The number of hydrogen-bond donors (Lipinski definition) is 2. The standard InChI is InChI=1S/C17H20N2O2/c1-12-4-3-5-14(6-12)15-7-16(10-18-9-15)17(21)19-8-13(2)11-20/h3-7,9-10,13,20H,8,11H2,1-2H3,(H,19,21). The van der Waals surface area contributed by atoms with Crippen LogP contribution in [-0.2, 0) is 0 Å². The number of aromatic nitrogens is 1. The molecule has 0 radical (unpaired) electrons. The molecule has 1 unspecified atom stereocenters. The van der Waals surface area contributed by atoms with Crippen LogP contribution in [0.2, 0.25) is 0 Å². The molecule has 0 bridgehead atoms. The van der Waals surface area contributed by atoms with E-state index in [2.05, 4.69) is 16.4 Å². The summed E-state index contributed by atoms with van der Waals surface area (Å²) in [6.07, 6.45) is 3.31. The average Bonchev–Trinajstić information content (AvgIpc) is 2.52. The largest absolute Gasteiger partial charge is 0.396 e. The quantitative estimate of drug-likeness (QED) is 0.886. The van der Waals surface area contributed by atoms with Crippen molar-refractivity contribution < 1.29 is 9.90 Å². The lowest BCUT2D eigenvalue weighted by atomic mass is 10.0. The fourth-order valence-corrected chi connectivity index (χ4v) is 1.98. The second-order valence-electron chi connectivity index (χ2n) is 5.33. The second-order valence-corrected chi connectivity index (χ2v) is 5.33. The Balaban J connectivity index is 2.16. The molecule has 1 amide bonds. The van der Waals surface area contributed by atoms with Crippen LogP contribution in [0, 0.1) is 12.8 Å². The number of pyridine rings is 1. The number of aliphatic hydroxyl groups is 1. The zero-order chi connectivity index (χ0) is 15.2. The summed E-state index contributed by atoms with van der Waals surface area (Å²) in [6.45, 7) is 4.41. The predicted octanol–water partition coefficient (Wildman–Crippen LogP) is 2.42. The van der Waals surface area contributed by atoms with Crippen LogP contribution < -0.4 is 5.32 Å². The van der Waals surface area contributed by atoms with Crippen LogP contribution in [0.25, 0.3) is 11.1 Å². The summed E-state index contributed by atoms with van der Waals surface area (Å²) in [4.78, 5) is 16.2. The Kier molecular flexibility index (Phi) is 5.06. The average molecular weight is 284 g/mol. The van der Waals surface area contributed by atoms with Crippen molar-refractivity contribution >= 4 is 5.91 Å². The molecule has 4 nitrogen and oxygen atoms in total. The van der Waals surface area contributed by atoms with Gasteiger partial charge in [-0.3, -0.25) is 9.78 Å². The number of benzene rings is 1. The Morgan fingerprint density at radius 3 is 2.81 bits per heavy atom. The first-order valence-electron chi connectivity index (χ1n) is 7.01. The number of nitrogens with zero attached hydrogens (tertiary/aromatic N) is 1. The molecule has 1 atom stereocenters. The van der Waals surface area contributed by atoms with Gasteiger partial charge in [0.15, 0.2) is 0 Å². The molecule has 2 aromatic rings. The van der Waals surface area contributed by atoms with Gasteiger partial charge in [0.1, 0.15) is 0 Å². The van der Waals surface area contributed by atoms with Crippen LogP contribution in [-0.4, -0.2) is 29.1 Å². The van der Waals surface area contributed by atoms with Crippen molar-refractivity contribution in [3.8, 4) is 11.1 Å². The van der Waals surface area contributed by atoms with Crippen LogP contribution in [0.4, 0.5) is 0 Å². The number of rotatable bonds is 5. The van der Waals surface area contributed by atoms with E-state index in [1.165, 1.54) is 5.56 Å². The smallest absolute Gasteiger partial charge is 0.252 e. The van der Waals surface area contributed by atoms with Crippen molar-refractivity contribution in [1.29, 1.82) is 0 Å². The van der Waals surface area contributed by atoms with E-state index in [0.717, 1.165) is 11.1 Å². The Morgan fingerprint density at radius 1 is 1.29 bits per heavy atom. The topological polar surface area (TPSA) is 62.2 Å². The molecule has 0 saturated carbocycles. The van der Waals surface area contributed by atoms with Crippen molar-refractivity contribution in [2.24, 2.45) is 5.92 Å². The molecule has 0 saturated heterocycles. The predicted molar refractivity (Wildman–Crippen MR) is 83.0 cm³/mol. The number of aliphatic hydroxyl groups excluding tert-OH is 1. The molecule has 1 aromatic heterocycles. The monoisotopic (exact) mass is 284 g/mol. The van der Waals surface area contributed by atoms with Gasteiger partial charge in [0.05, 0.1) is 5.56 Å². The van der Waals surface area contributed by atoms with Crippen LogP contribution in [0.15, 0.2) is 42.7 Å². The van der Waals surface area contributed by atoms with Gasteiger partial charge in [-0.15, -0.1) is 0 Å². The number of carbonyl (C=O) groups is 1. The first kappa shape index (κ1) is 15.2. The molecule has 1 heterocycles. The minimum absolute atomic E-state index is 0.0434. The van der Waals surface area contributed by atoms with Crippen LogP contribution in [0.1, 0.15) is 22.8 Å². The highest BCUT2D eigenvalue weighted by atomic mass is 16.3. The van der Waals surface area contributed by atoms with Gasteiger partial charge in [0.2, 0.25) is 0 Å². The van der Waals surface area contributed by atoms with E-state index in [1.54, 1.807) is 12.4 Å². The fourth-order valence-electron chi connectivity index (χ4n) is 1.98. The highest BCUT2D eigenvalue weighted by Crippen LogP contribution is 2.20. The molecular formula is C17H20N2O2. The zero-order valence-electron chi connectivity index (χ0n) is 12.3. The molecule has 21 heavy (non-hydrogen) atoms. The molecule has 0 aliphatic carbocycles. The SMILES string of the molecule is Cc1cccc(-c2cncc(C(=O)NCC(C)CO)c2)c1. The molecule has 0 aliphatic rings. The molecule has 0 spiro atoms. The highest BCUT2D eigenvalue weighted by molar-refractivity contribution is 5.95. The van der Waals surface area contributed by atoms with Crippen molar-refractivity contribution in [2.45, 2.75) is 13.8 Å². The summed E-state index contributed by atoms with van der Waals surface area (Å²) in [5.74, 6) is -0.126.